The molecule has 1 rings (SSSR count). The molecular weight excluding hydrogens is 322 g/mol. The van der Waals surface area contributed by atoms with Crippen LogP contribution in [0.3, 0.4) is 0 Å². The molecule has 2 unspecified atom stereocenters. The Kier molecular flexibility index (Phi) is 6.67. The van der Waals surface area contributed by atoms with Crippen molar-refractivity contribution in [2.45, 2.75) is 84.2 Å². The van der Waals surface area contributed by atoms with Crippen molar-refractivity contribution in [1.82, 2.24) is 4.90 Å². The van der Waals surface area contributed by atoms with Gasteiger partial charge >= 0.3 is 6.09 Å². The molecule has 0 bridgehead atoms. The van der Waals surface area contributed by atoms with E-state index in [0.717, 1.165) is 12.7 Å². The van der Waals surface area contributed by atoms with Gasteiger partial charge in [-0.15, -0.1) is 0 Å². The van der Waals surface area contributed by atoms with Crippen molar-refractivity contribution >= 4 is 20.7 Å². The molecule has 0 aromatic heterocycles. The van der Waals surface area contributed by atoms with Gasteiger partial charge in [0.05, 0.1) is 6.10 Å². The fraction of sp³-hybridized carbons (Fsp3) is 0.889. The van der Waals surface area contributed by atoms with Gasteiger partial charge in [-0.05, 0) is 51.2 Å². The number of piperidine rings is 1. The summed E-state index contributed by atoms with van der Waals surface area (Å²) >= 11 is 0. The van der Waals surface area contributed by atoms with Gasteiger partial charge in [0.2, 0.25) is 0 Å². The first-order valence-corrected chi connectivity index (χ1v) is 11.8. The number of carbonyl (C=O) groups is 2. The normalized spacial score (nSPS) is 23.1. The smallest absolute Gasteiger partial charge is 0.410 e. The van der Waals surface area contributed by atoms with Crippen LogP contribution in [0, 0.1) is 5.92 Å². The molecule has 0 spiro atoms. The minimum absolute atomic E-state index is 0.0902. The lowest BCUT2D eigenvalue weighted by Gasteiger charge is -2.45. The van der Waals surface area contributed by atoms with Crippen molar-refractivity contribution in [3.63, 3.8) is 0 Å². The molecule has 0 N–H and O–H groups in total. The molecule has 1 aliphatic heterocycles. The lowest BCUT2D eigenvalue weighted by Crippen LogP contribution is -2.54. The Bertz CT molecular complexity index is 451. The Hall–Kier alpha value is -0.883. The van der Waals surface area contributed by atoms with E-state index < -0.39 is 13.9 Å². The monoisotopic (exact) mass is 357 g/mol. The Morgan fingerprint density at radius 1 is 1.21 bits per heavy atom. The average Bonchev–Trinajstić information content (AvgIpc) is 2.37. The van der Waals surface area contributed by atoms with Crippen LogP contribution < -0.4 is 0 Å². The number of aldehydes is 1. The van der Waals surface area contributed by atoms with Crippen LogP contribution >= 0.6 is 0 Å². The van der Waals surface area contributed by atoms with Gasteiger partial charge < -0.3 is 18.9 Å². The maximum Gasteiger partial charge on any atom is 0.410 e. The summed E-state index contributed by atoms with van der Waals surface area (Å²) in [6.45, 7) is 17.7. The summed E-state index contributed by atoms with van der Waals surface area (Å²) in [7, 11) is -1.97. The third-order valence-corrected chi connectivity index (χ3v) is 9.50. The van der Waals surface area contributed by atoms with Crippen LogP contribution in [-0.2, 0) is 14.0 Å². The van der Waals surface area contributed by atoms with Crippen LogP contribution in [0.25, 0.3) is 0 Å². The molecule has 2 atom stereocenters. The van der Waals surface area contributed by atoms with Crippen LogP contribution in [0.5, 0.6) is 0 Å². The Morgan fingerprint density at radius 3 is 2.25 bits per heavy atom. The molecule has 24 heavy (non-hydrogen) atoms. The summed E-state index contributed by atoms with van der Waals surface area (Å²) in [6, 6.07) is 0. The Labute approximate surface area is 148 Å². The number of carbonyl (C=O) groups excluding carboxylic acids is 2. The molecule has 1 amide bonds. The second-order valence-electron chi connectivity index (χ2n) is 9.29. The Morgan fingerprint density at radius 2 is 1.79 bits per heavy atom. The zero-order valence-corrected chi connectivity index (χ0v) is 17.6. The molecule has 0 saturated carbocycles. The predicted octanol–water partition coefficient (Wildman–Crippen LogP) is 4.22. The average molecular weight is 358 g/mol. The van der Waals surface area contributed by atoms with Crippen LogP contribution in [0.1, 0.15) is 54.4 Å². The first-order valence-electron chi connectivity index (χ1n) is 8.86. The number of rotatable bonds is 4. The van der Waals surface area contributed by atoms with Gasteiger partial charge in [0, 0.05) is 19.5 Å². The summed E-state index contributed by atoms with van der Waals surface area (Å²) in [5.74, 6) is 0.176. The summed E-state index contributed by atoms with van der Waals surface area (Å²) in [5, 5.41) is 0.0902. The first-order chi connectivity index (χ1) is 10.8. The molecule has 1 saturated heterocycles. The number of nitrogens with zero attached hydrogens (tertiary/aromatic N) is 1. The van der Waals surface area contributed by atoms with E-state index in [2.05, 4.69) is 33.9 Å². The highest BCUT2D eigenvalue weighted by molar-refractivity contribution is 6.74. The minimum atomic E-state index is -1.97. The van der Waals surface area contributed by atoms with Crippen molar-refractivity contribution in [2.75, 3.05) is 13.1 Å². The molecule has 0 radical (unpaired) electrons. The molecule has 5 nitrogen and oxygen atoms in total. The van der Waals surface area contributed by atoms with Crippen molar-refractivity contribution in [3.05, 3.63) is 0 Å². The second-order valence-corrected chi connectivity index (χ2v) is 14.1. The summed E-state index contributed by atoms with van der Waals surface area (Å²) < 4.78 is 12.0. The lowest BCUT2D eigenvalue weighted by molar-refractivity contribution is -0.110. The maximum atomic E-state index is 12.4. The third kappa shape index (κ3) is 5.88. The molecule has 0 aliphatic carbocycles. The van der Waals surface area contributed by atoms with Gasteiger partial charge in [-0.25, -0.2) is 4.79 Å². The summed E-state index contributed by atoms with van der Waals surface area (Å²) in [4.78, 5) is 25.1. The molecule has 140 valence electrons. The minimum Gasteiger partial charge on any atom is -0.444 e. The quantitative estimate of drug-likeness (QED) is 0.558. The molecule has 0 aromatic carbocycles. The highest BCUT2D eigenvalue weighted by Crippen LogP contribution is 2.39. The highest BCUT2D eigenvalue weighted by Gasteiger charge is 2.43. The van der Waals surface area contributed by atoms with Gasteiger partial charge in [-0.1, -0.05) is 20.8 Å². The number of amides is 1. The Balaban J connectivity index is 2.87. The van der Waals surface area contributed by atoms with Crippen molar-refractivity contribution in [3.8, 4) is 0 Å². The summed E-state index contributed by atoms with van der Waals surface area (Å²) in [6.07, 6.45) is 1.84. The van der Waals surface area contributed by atoms with Crippen LogP contribution in [-0.4, -0.2) is 50.4 Å². The topological polar surface area (TPSA) is 55.8 Å². The van der Waals surface area contributed by atoms with Gasteiger partial charge in [0.25, 0.3) is 0 Å². The van der Waals surface area contributed by atoms with E-state index in [0.29, 0.717) is 19.5 Å². The number of hydrogen-bond donors (Lipinski definition) is 0. The zero-order chi connectivity index (χ0) is 18.8. The van der Waals surface area contributed by atoms with Crippen molar-refractivity contribution < 1.29 is 18.8 Å². The number of ether oxygens (including phenoxy) is 1. The van der Waals surface area contributed by atoms with Crippen molar-refractivity contribution in [1.29, 1.82) is 0 Å². The molecule has 0 aromatic rings. The van der Waals surface area contributed by atoms with E-state index in [-0.39, 0.29) is 23.2 Å². The van der Waals surface area contributed by atoms with Gasteiger partial charge in [0.1, 0.15) is 11.9 Å². The van der Waals surface area contributed by atoms with Gasteiger partial charge in [0.15, 0.2) is 8.32 Å². The predicted molar refractivity (Wildman–Crippen MR) is 98.7 cm³/mol. The van der Waals surface area contributed by atoms with Crippen LogP contribution in [0.15, 0.2) is 0 Å². The molecule has 1 heterocycles. The fourth-order valence-electron chi connectivity index (χ4n) is 2.54. The molecule has 1 fully saturated rings. The summed E-state index contributed by atoms with van der Waals surface area (Å²) in [5.41, 5.74) is -0.507. The van der Waals surface area contributed by atoms with E-state index in [1.54, 1.807) is 4.90 Å². The van der Waals surface area contributed by atoms with Gasteiger partial charge in [-0.3, -0.25) is 0 Å². The van der Waals surface area contributed by atoms with Gasteiger partial charge in [-0.2, -0.15) is 0 Å². The van der Waals surface area contributed by atoms with E-state index in [4.69, 9.17) is 9.16 Å². The van der Waals surface area contributed by atoms with E-state index in [1.807, 2.05) is 20.8 Å². The maximum absolute atomic E-state index is 12.4. The van der Waals surface area contributed by atoms with E-state index in [1.165, 1.54) is 0 Å². The van der Waals surface area contributed by atoms with Crippen LogP contribution in [0.4, 0.5) is 4.79 Å². The SMILES string of the molecule is CC(C)(C)OC(=O)N1CCC(CC=O)C(O[Si](C)(C)C(C)(C)C)C1. The zero-order valence-electron chi connectivity index (χ0n) is 16.6. The standard InChI is InChI=1S/C18H35NO4Si/c1-17(2,3)22-16(21)19-11-9-14(10-12-20)15(13-19)23-24(7,8)18(4,5)6/h12,14-15H,9-11,13H2,1-8H3. The largest absolute Gasteiger partial charge is 0.444 e. The first kappa shape index (κ1) is 21.2. The molecular formula is C18H35NO4Si. The lowest BCUT2D eigenvalue weighted by atomic mass is 9.91. The molecule has 6 heteroatoms. The van der Waals surface area contributed by atoms with E-state index >= 15 is 0 Å². The third-order valence-electron chi connectivity index (χ3n) is 5.00. The molecule has 1 aliphatic rings. The second kappa shape index (κ2) is 7.56. The number of likely N-dealkylation sites (tertiary alicyclic amines) is 1. The van der Waals surface area contributed by atoms with Crippen LogP contribution in [0.2, 0.25) is 18.1 Å². The number of hydrogen-bond acceptors (Lipinski definition) is 4. The highest BCUT2D eigenvalue weighted by atomic mass is 28.4. The van der Waals surface area contributed by atoms with E-state index in [9.17, 15) is 9.59 Å². The van der Waals surface area contributed by atoms with Crippen molar-refractivity contribution in [2.24, 2.45) is 5.92 Å². The fourth-order valence-corrected chi connectivity index (χ4v) is 3.92.